The monoisotopic (exact) mass is 311 g/mol. The zero-order valence-electron chi connectivity index (χ0n) is 14.0. The molecule has 2 rings (SSSR count). The van der Waals surface area contributed by atoms with Crippen LogP contribution in [-0.2, 0) is 11.4 Å². The second kappa shape index (κ2) is 7.13. The third-order valence-corrected chi connectivity index (χ3v) is 4.96. The fraction of sp³-hybridized carbons (Fsp3) is 0.882. The third-order valence-electron chi connectivity index (χ3n) is 4.72. The van der Waals surface area contributed by atoms with Gasteiger partial charge in [0.15, 0.2) is 0 Å². The molecule has 1 fully saturated rings. The van der Waals surface area contributed by atoms with Crippen LogP contribution in [0.1, 0.15) is 90.2 Å². The molecular weight excluding hydrogens is 282 g/mol. The number of alkyl halides is 1. The molecule has 1 aliphatic carbocycles. The normalized spacial score (nSPS) is 23.5. The van der Waals surface area contributed by atoms with Gasteiger partial charge in [-0.05, 0) is 52.4 Å². The van der Waals surface area contributed by atoms with E-state index in [0.29, 0.717) is 11.8 Å². The summed E-state index contributed by atoms with van der Waals surface area (Å²) in [5.41, 5.74) is 0.00210. The van der Waals surface area contributed by atoms with Gasteiger partial charge < -0.3 is 4.57 Å². The van der Waals surface area contributed by atoms with Crippen molar-refractivity contribution in [2.75, 3.05) is 0 Å². The third kappa shape index (κ3) is 4.00. The number of halogens is 1. The van der Waals surface area contributed by atoms with Crippen LogP contribution in [0, 0.1) is 5.92 Å². The zero-order chi connectivity index (χ0) is 15.5. The maximum absolute atomic E-state index is 6.05. The lowest BCUT2D eigenvalue weighted by molar-refractivity contribution is 0.280. The summed E-state index contributed by atoms with van der Waals surface area (Å²) in [6.07, 6.45) is 9.30. The Bertz CT molecular complexity index is 439. The molecule has 0 aliphatic heterocycles. The highest BCUT2D eigenvalue weighted by Crippen LogP contribution is 2.38. The first-order valence-corrected chi connectivity index (χ1v) is 9.01. The van der Waals surface area contributed by atoms with Crippen molar-refractivity contribution in [3.05, 3.63) is 11.6 Å². The predicted molar refractivity (Wildman–Crippen MR) is 88.8 cm³/mol. The van der Waals surface area contributed by atoms with Crippen LogP contribution in [0.25, 0.3) is 0 Å². The number of rotatable bonds is 5. The van der Waals surface area contributed by atoms with Crippen LogP contribution in [0.2, 0.25) is 0 Å². The summed E-state index contributed by atoms with van der Waals surface area (Å²) in [6.45, 7) is 8.92. The molecule has 0 radical (unpaired) electrons. The summed E-state index contributed by atoms with van der Waals surface area (Å²) in [6, 6.07) is 0. The largest absolute Gasteiger partial charge is 0.308 e. The number of hydrogen-bond acceptors (Lipinski definition) is 2. The van der Waals surface area contributed by atoms with E-state index >= 15 is 0 Å². The van der Waals surface area contributed by atoms with Crippen LogP contribution in [0.5, 0.6) is 0 Å². The Balaban J connectivity index is 2.08. The van der Waals surface area contributed by atoms with Gasteiger partial charge in [-0.3, -0.25) is 0 Å². The first kappa shape index (κ1) is 16.8. The SMILES string of the molecule is CCCCC1CCC(c2nnc(CCl)n2C(C)(C)C)CC1. The molecule has 0 amide bonds. The van der Waals surface area contributed by atoms with E-state index in [4.69, 9.17) is 11.6 Å². The first-order chi connectivity index (χ1) is 9.97. The Morgan fingerprint density at radius 2 is 1.81 bits per heavy atom. The van der Waals surface area contributed by atoms with Crippen molar-refractivity contribution < 1.29 is 0 Å². The van der Waals surface area contributed by atoms with E-state index < -0.39 is 0 Å². The van der Waals surface area contributed by atoms with Crippen molar-refractivity contribution in [2.24, 2.45) is 5.92 Å². The summed E-state index contributed by atoms with van der Waals surface area (Å²) in [5, 5.41) is 8.82. The van der Waals surface area contributed by atoms with E-state index in [1.165, 1.54) is 44.9 Å². The lowest BCUT2D eigenvalue weighted by atomic mass is 9.79. The quantitative estimate of drug-likeness (QED) is 0.696. The van der Waals surface area contributed by atoms with Crippen LogP contribution in [0.3, 0.4) is 0 Å². The summed E-state index contributed by atoms with van der Waals surface area (Å²) in [7, 11) is 0. The molecule has 0 unspecified atom stereocenters. The smallest absolute Gasteiger partial charge is 0.148 e. The molecule has 1 aromatic heterocycles. The van der Waals surface area contributed by atoms with Crippen LogP contribution in [0.15, 0.2) is 0 Å². The van der Waals surface area contributed by atoms with Gasteiger partial charge >= 0.3 is 0 Å². The highest BCUT2D eigenvalue weighted by molar-refractivity contribution is 6.16. The number of hydrogen-bond donors (Lipinski definition) is 0. The van der Waals surface area contributed by atoms with Gasteiger partial charge in [0.2, 0.25) is 0 Å². The topological polar surface area (TPSA) is 30.7 Å². The van der Waals surface area contributed by atoms with Crippen LogP contribution in [-0.4, -0.2) is 14.8 Å². The van der Waals surface area contributed by atoms with Crippen molar-refractivity contribution in [3.63, 3.8) is 0 Å². The van der Waals surface area contributed by atoms with Gasteiger partial charge in [-0.1, -0.05) is 26.2 Å². The molecule has 1 aromatic rings. The van der Waals surface area contributed by atoms with Crippen molar-refractivity contribution in [1.29, 1.82) is 0 Å². The number of aromatic nitrogens is 3. The molecule has 1 aliphatic rings. The van der Waals surface area contributed by atoms with Gasteiger partial charge in [-0.2, -0.15) is 0 Å². The zero-order valence-corrected chi connectivity index (χ0v) is 14.8. The number of unbranched alkanes of at least 4 members (excludes halogenated alkanes) is 1. The molecule has 0 bridgehead atoms. The van der Waals surface area contributed by atoms with E-state index in [0.717, 1.165) is 17.6 Å². The fourth-order valence-corrected chi connectivity index (χ4v) is 3.79. The Labute approximate surface area is 134 Å². The molecule has 0 aromatic carbocycles. The maximum Gasteiger partial charge on any atom is 0.148 e. The molecule has 3 nitrogen and oxygen atoms in total. The molecule has 0 N–H and O–H groups in total. The first-order valence-electron chi connectivity index (χ1n) is 8.48. The van der Waals surface area contributed by atoms with E-state index in [1.54, 1.807) is 0 Å². The Morgan fingerprint density at radius 3 is 2.33 bits per heavy atom. The van der Waals surface area contributed by atoms with E-state index in [1.807, 2.05) is 0 Å². The van der Waals surface area contributed by atoms with Gasteiger partial charge in [-0.15, -0.1) is 21.8 Å². The van der Waals surface area contributed by atoms with E-state index in [-0.39, 0.29) is 5.54 Å². The Morgan fingerprint density at radius 1 is 1.14 bits per heavy atom. The van der Waals surface area contributed by atoms with Crippen molar-refractivity contribution in [1.82, 2.24) is 14.8 Å². The Kier molecular flexibility index (Phi) is 5.70. The van der Waals surface area contributed by atoms with Gasteiger partial charge in [0.05, 0.1) is 5.88 Å². The molecule has 21 heavy (non-hydrogen) atoms. The summed E-state index contributed by atoms with van der Waals surface area (Å²) < 4.78 is 2.27. The van der Waals surface area contributed by atoms with Crippen LogP contribution in [0.4, 0.5) is 0 Å². The minimum Gasteiger partial charge on any atom is -0.308 e. The average molecular weight is 312 g/mol. The second-order valence-electron chi connectivity index (χ2n) is 7.47. The van der Waals surface area contributed by atoms with Crippen molar-refractivity contribution in [3.8, 4) is 0 Å². The molecule has 1 saturated carbocycles. The standard InChI is InChI=1S/C17H30ClN3/c1-5-6-7-13-8-10-14(11-9-13)16-20-19-15(12-18)21(16)17(2,3)4/h13-14H,5-12H2,1-4H3. The lowest BCUT2D eigenvalue weighted by Crippen LogP contribution is -2.28. The molecule has 0 saturated heterocycles. The fourth-order valence-electron chi connectivity index (χ4n) is 3.61. The predicted octanol–water partition coefficient (Wildman–Crippen LogP) is 5.24. The highest BCUT2D eigenvalue weighted by Gasteiger charge is 2.30. The summed E-state index contributed by atoms with van der Waals surface area (Å²) >= 11 is 6.05. The second-order valence-corrected chi connectivity index (χ2v) is 7.74. The van der Waals surface area contributed by atoms with Crippen molar-refractivity contribution >= 4 is 11.6 Å². The maximum atomic E-state index is 6.05. The number of nitrogens with zero attached hydrogens (tertiary/aromatic N) is 3. The molecule has 4 heteroatoms. The molecule has 0 spiro atoms. The minimum atomic E-state index is 0.00210. The van der Waals surface area contributed by atoms with Gasteiger partial charge in [0.1, 0.15) is 11.6 Å². The van der Waals surface area contributed by atoms with Crippen LogP contribution >= 0.6 is 11.6 Å². The van der Waals surface area contributed by atoms with Gasteiger partial charge in [0, 0.05) is 11.5 Å². The van der Waals surface area contributed by atoms with Crippen LogP contribution < -0.4 is 0 Å². The molecule has 120 valence electrons. The Hall–Kier alpha value is -0.570. The average Bonchev–Trinajstić information content (AvgIpc) is 2.89. The summed E-state index contributed by atoms with van der Waals surface area (Å²) in [5.74, 6) is 4.00. The van der Waals surface area contributed by atoms with E-state index in [2.05, 4.69) is 42.5 Å². The molecular formula is C17H30ClN3. The molecule has 0 atom stereocenters. The van der Waals surface area contributed by atoms with Crippen molar-refractivity contribution in [2.45, 2.75) is 90.0 Å². The van der Waals surface area contributed by atoms with Gasteiger partial charge in [-0.25, -0.2) is 0 Å². The minimum absolute atomic E-state index is 0.00210. The lowest BCUT2D eigenvalue weighted by Gasteiger charge is -2.31. The van der Waals surface area contributed by atoms with Gasteiger partial charge in [0.25, 0.3) is 0 Å². The molecule has 1 heterocycles. The highest BCUT2D eigenvalue weighted by atomic mass is 35.5. The van der Waals surface area contributed by atoms with E-state index in [9.17, 15) is 0 Å². The summed E-state index contributed by atoms with van der Waals surface area (Å²) in [4.78, 5) is 0.